The van der Waals surface area contributed by atoms with Crippen LogP contribution in [-0.4, -0.2) is 43.6 Å². The van der Waals surface area contributed by atoms with Crippen LogP contribution in [0.5, 0.6) is 0 Å². The van der Waals surface area contributed by atoms with Crippen molar-refractivity contribution in [1.29, 1.82) is 0 Å². The molecule has 1 atom stereocenters. The molecule has 0 saturated heterocycles. The number of unbranched alkanes of at least 4 members (excludes halogenated alkanes) is 1. The summed E-state index contributed by atoms with van der Waals surface area (Å²) in [5.74, 6) is 0.835. The van der Waals surface area contributed by atoms with Crippen LogP contribution < -0.4 is 0 Å². The fraction of sp³-hybridized carbons (Fsp3) is 0.700. The summed E-state index contributed by atoms with van der Waals surface area (Å²) in [6.45, 7) is 10.3. The number of imidazole rings is 2. The smallest absolute Gasteiger partial charge is 0.0945 e. The third kappa shape index (κ3) is 7.86. The largest absolute Gasteiger partial charge is 0.337 e. The summed E-state index contributed by atoms with van der Waals surface area (Å²) in [6.07, 6.45) is 19.4. The Labute approximate surface area is 153 Å². The van der Waals surface area contributed by atoms with Crippen LogP contribution in [0, 0.1) is 5.92 Å². The molecule has 0 bridgehead atoms. The van der Waals surface area contributed by atoms with Gasteiger partial charge in [-0.05, 0) is 38.3 Å². The molecule has 5 heteroatoms. The second kappa shape index (κ2) is 11.9. The summed E-state index contributed by atoms with van der Waals surface area (Å²) in [6, 6.07) is 0. The van der Waals surface area contributed by atoms with Crippen molar-refractivity contribution in [3.05, 3.63) is 37.4 Å². The molecule has 25 heavy (non-hydrogen) atoms. The second-order valence-electron chi connectivity index (χ2n) is 7.03. The molecule has 0 spiro atoms. The van der Waals surface area contributed by atoms with Gasteiger partial charge in [-0.2, -0.15) is 0 Å². The topological polar surface area (TPSA) is 38.9 Å². The summed E-state index contributed by atoms with van der Waals surface area (Å²) in [4.78, 5) is 10.9. The molecule has 0 aliphatic carbocycles. The Morgan fingerprint density at radius 1 is 0.880 bits per heavy atom. The van der Waals surface area contributed by atoms with E-state index in [4.69, 9.17) is 0 Å². The maximum atomic E-state index is 4.13. The molecule has 5 nitrogen and oxygen atoms in total. The van der Waals surface area contributed by atoms with Gasteiger partial charge in [0.25, 0.3) is 0 Å². The number of nitrogens with zero attached hydrogens (tertiary/aromatic N) is 5. The number of hydrogen-bond acceptors (Lipinski definition) is 3. The van der Waals surface area contributed by atoms with Crippen molar-refractivity contribution in [2.75, 3.05) is 19.6 Å². The van der Waals surface area contributed by atoms with Gasteiger partial charge in [0.05, 0.1) is 12.7 Å². The quantitative estimate of drug-likeness (QED) is 0.518. The average Bonchev–Trinajstić information content (AvgIpc) is 3.32. The fourth-order valence-electron chi connectivity index (χ4n) is 3.37. The Morgan fingerprint density at radius 2 is 1.48 bits per heavy atom. The lowest BCUT2D eigenvalue weighted by Crippen LogP contribution is -2.32. The molecule has 140 valence electrons. The molecule has 0 fully saturated rings. The van der Waals surface area contributed by atoms with Gasteiger partial charge in [0.15, 0.2) is 0 Å². The lowest BCUT2D eigenvalue weighted by Gasteiger charge is -2.27. The zero-order valence-electron chi connectivity index (χ0n) is 16.1. The molecular formula is C20H35N5. The van der Waals surface area contributed by atoms with E-state index in [1.807, 2.05) is 25.0 Å². The number of hydrogen-bond donors (Lipinski definition) is 0. The molecular weight excluding hydrogens is 310 g/mol. The first-order valence-electron chi connectivity index (χ1n) is 9.95. The van der Waals surface area contributed by atoms with Crippen molar-refractivity contribution in [1.82, 2.24) is 24.0 Å². The number of aryl methyl sites for hydroxylation is 2. The van der Waals surface area contributed by atoms with Crippen LogP contribution in [0.15, 0.2) is 37.4 Å². The zero-order valence-corrected chi connectivity index (χ0v) is 16.1. The highest BCUT2D eigenvalue weighted by atomic mass is 15.1. The van der Waals surface area contributed by atoms with E-state index in [-0.39, 0.29) is 0 Å². The van der Waals surface area contributed by atoms with Crippen molar-refractivity contribution in [2.45, 2.75) is 65.5 Å². The number of rotatable bonds is 14. The predicted molar refractivity (Wildman–Crippen MR) is 103 cm³/mol. The van der Waals surface area contributed by atoms with E-state index < -0.39 is 0 Å². The summed E-state index contributed by atoms with van der Waals surface area (Å²) < 4.78 is 4.36. The standard InChI is InChI=1S/C20H35N5/c1-3-5-8-20(4-2)17-23(11-6-13-24-15-9-21-18-24)12-7-14-25-16-10-22-19-25/h9-10,15-16,18-20H,3-8,11-14,17H2,1-2H3. The minimum absolute atomic E-state index is 0.835. The van der Waals surface area contributed by atoms with Gasteiger partial charge in [-0.25, -0.2) is 9.97 Å². The van der Waals surface area contributed by atoms with Gasteiger partial charge in [0, 0.05) is 44.4 Å². The van der Waals surface area contributed by atoms with Gasteiger partial charge >= 0.3 is 0 Å². The maximum Gasteiger partial charge on any atom is 0.0945 e. The van der Waals surface area contributed by atoms with Crippen LogP contribution in [0.2, 0.25) is 0 Å². The summed E-state index contributed by atoms with van der Waals surface area (Å²) >= 11 is 0. The Bertz CT molecular complexity index is 480. The second-order valence-corrected chi connectivity index (χ2v) is 7.03. The van der Waals surface area contributed by atoms with E-state index in [9.17, 15) is 0 Å². The first kappa shape index (κ1) is 19.7. The van der Waals surface area contributed by atoms with Crippen LogP contribution in [0.4, 0.5) is 0 Å². The number of aromatic nitrogens is 4. The maximum absolute atomic E-state index is 4.13. The van der Waals surface area contributed by atoms with Crippen LogP contribution in [0.25, 0.3) is 0 Å². The van der Waals surface area contributed by atoms with Crippen molar-refractivity contribution < 1.29 is 0 Å². The normalized spacial score (nSPS) is 12.8. The van der Waals surface area contributed by atoms with Crippen molar-refractivity contribution in [2.24, 2.45) is 5.92 Å². The molecule has 0 aliphatic heterocycles. The van der Waals surface area contributed by atoms with Crippen LogP contribution in [0.1, 0.15) is 52.4 Å². The van der Waals surface area contributed by atoms with Gasteiger partial charge in [0.2, 0.25) is 0 Å². The van der Waals surface area contributed by atoms with E-state index in [2.05, 4.69) is 50.2 Å². The lowest BCUT2D eigenvalue weighted by atomic mass is 9.98. The van der Waals surface area contributed by atoms with Gasteiger partial charge in [-0.3, -0.25) is 0 Å². The molecule has 0 saturated carbocycles. The lowest BCUT2D eigenvalue weighted by molar-refractivity contribution is 0.208. The van der Waals surface area contributed by atoms with Crippen molar-refractivity contribution in [3.8, 4) is 0 Å². The fourth-order valence-corrected chi connectivity index (χ4v) is 3.37. The molecule has 2 rings (SSSR count). The monoisotopic (exact) mass is 345 g/mol. The Kier molecular flexibility index (Phi) is 9.34. The first-order chi connectivity index (χ1) is 12.3. The van der Waals surface area contributed by atoms with Crippen LogP contribution in [0.3, 0.4) is 0 Å². The molecule has 2 aromatic rings. The van der Waals surface area contributed by atoms with E-state index in [0.29, 0.717) is 0 Å². The summed E-state index contributed by atoms with van der Waals surface area (Å²) in [5.41, 5.74) is 0. The average molecular weight is 346 g/mol. The third-order valence-electron chi connectivity index (χ3n) is 4.96. The van der Waals surface area contributed by atoms with Crippen molar-refractivity contribution in [3.63, 3.8) is 0 Å². The summed E-state index contributed by atoms with van der Waals surface area (Å²) in [5, 5.41) is 0. The van der Waals surface area contributed by atoms with Gasteiger partial charge in [0.1, 0.15) is 0 Å². The summed E-state index contributed by atoms with van der Waals surface area (Å²) in [7, 11) is 0. The Balaban J connectivity index is 1.77. The van der Waals surface area contributed by atoms with Gasteiger partial charge in [-0.15, -0.1) is 0 Å². The molecule has 0 N–H and O–H groups in total. The highest BCUT2D eigenvalue weighted by Crippen LogP contribution is 2.15. The highest BCUT2D eigenvalue weighted by Gasteiger charge is 2.12. The van der Waals surface area contributed by atoms with E-state index in [1.165, 1.54) is 58.2 Å². The van der Waals surface area contributed by atoms with E-state index >= 15 is 0 Å². The zero-order chi connectivity index (χ0) is 17.7. The SMILES string of the molecule is CCCCC(CC)CN(CCCn1ccnc1)CCCn1ccnc1. The molecule has 2 aromatic heterocycles. The Hall–Kier alpha value is -1.62. The molecule has 0 aromatic carbocycles. The van der Waals surface area contributed by atoms with Crippen molar-refractivity contribution >= 4 is 0 Å². The predicted octanol–water partition coefficient (Wildman–Crippen LogP) is 4.08. The van der Waals surface area contributed by atoms with E-state index in [0.717, 1.165) is 19.0 Å². The molecule has 0 radical (unpaired) electrons. The van der Waals surface area contributed by atoms with Crippen LogP contribution in [-0.2, 0) is 13.1 Å². The molecule has 0 aliphatic rings. The van der Waals surface area contributed by atoms with Gasteiger partial charge < -0.3 is 14.0 Å². The molecule has 0 amide bonds. The minimum Gasteiger partial charge on any atom is -0.337 e. The van der Waals surface area contributed by atoms with Crippen LogP contribution >= 0.6 is 0 Å². The third-order valence-corrected chi connectivity index (χ3v) is 4.96. The first-order valence-corrected chi connectivity index (χ1v) is 9.95. The Morgan fingerprint density at radius 3 is 1.92 bits per heavy atom. The molecule has 2 heterocycles. The highest BCUT2D eigenvalue weighted by molar-refractivity contribution is 4.76. The van der Waals surface area contributed by atoms with Gasteiger partial charge in [-0.1, -0.05) is 33.1 Å². The molecule has 1 unspecified atom stereocenters. The minimum atomic E-state index is 0.835. The van der Waals surface area contributed by atoms with E-state index in [1.54, 1.807) is 0 Å².